The normalized spacial score (nSPS) is 15.4. The van der Waals surface area contributed by atoms with E-state index in [-0.39, 0.29) is 12.3 Å². The molecule has 1 heterocycles. The molecule has 0 unspecified atom stereocenters. The van der Waals surface area contributed by atoms with Crippen molar-refractivity contribution in [1.82, 2.24) is 4.90 Å². The lowest BCUT2D eigenvalue weighted by Crippen LogP contribution is -2.39. The van der Waals surface area contributed by atoms with E-state index in [0.29, 0.717) is 18.8 Å². The van der Waals surface area contributed by atoms with E-state index in [1.165, 1.54) is 0 Å². The third-order valence-corrected chi connectivity index (χ3v) is 4.37. The van der Waals surface area contributed by atoms with Crippen molar-refractivity contribution in [3.05, 3.63) is 77.7 Å². The molecule has 0 bridgehead atoms. The minimum atomic E-state index is -0.683. The molecule has 5 nitrogen and oxygen atoms in total. The van der Waals surface area contributed by atoms with Crippen LogP contribution in [0.15, 0.2) is 66.6 Å². The highest BCUT2D eigenvalue weighted by atomic mass is 16.7. The zero-order valence-corrected chi connectivity index (χ0v) is 16.0. The van der Waals surface area contributed by atoms with Gasteiger partial charge in [-0.1, -0.05) is 42.5 Å². The van der Waals surface area contributed by atoms with Crippen molar-refractivity contribution in [2.75, 3.05) is 13.7 Å². The molecule has 5 heteroatoms. The first-order valence-corrected chi connectivity index (χ1v) is 8.95. The van der Waals surface area contributed by atoms with Crippen LogP contribution in [0.25, 0.3) is 0 Å². The number of methoxy groups -OCH3 is 1. The summed E-state index contributed by atoms with van der Waals surface area (Å²) in [4.78, 5) is 14.8. The molecule has 1 aliphatic heterocycles. The quantitative estimate of drug-likeness (QED) is 0.777. The van der Waals surface area contributed by atoms with Crippen LogP contribution in [0.2, 0.25) is 0 Å². The lowest BCUT2D eigenvalue weighted by atomic mass is 10.1. The molecule has 0 saturated heterocycles. The number of hydrogen-bond donors (Lipinski definition) is 0. The van der Waals surface area contributed by atoms with Crippen LogP contribution in [0.5, 0.6) is 5.75 Å². The van der Waals surface area contributed by atoms with Crippen LogP contribution in [-0.2, 0) is 27.2 Å². The van der Waals surface area contributed by atoms with Gasteiger partial charge in [-0.25, -0.2) is 0 Å². The number of carbonyl (C=O) groups is 1. The molecule has 0 aromatic heterocycles. The molecule has 0 aliphatic carbocycles. The highest BCUT2D eigenvalue weighted by Gasteiger charge is 2.28. The number of ether oxygens (including phenoxy) is 3. The standard InChI is InChI=1S/C22H25NO4/c1-22(2)26-15-19(16-27-22)23(14-17-8-5-4-6-9-17)21(24)13-18-10-7-11-20(12-18)25-3/h4-12,15H,13-14,16H2,1-3H3. The fourth-order valence-electron chi connectivity index (χ4n) is 2.84. The lowest BCUT2D eigenvalue weighted by molar-refractivity contribution is -0.195. The summed E-state index contributed by atoms with van der Waals surface area (Å²) in [6.07, 6.45) is 1.90. The summed E-state index contributed by atoms with van der Waals surface area (Å²) in [5.74, 6) is 0.0306. The third kappa shape index (κ3) is 5.11. The van der Waals surface area contributed by atoms with Crippen LogP contribution >= 0.6 is 0 Å². The third-order valence-electron chi connectivity index (χ3n) is 4.37. The second-order valence-corrected chi connectivity index (χ2v) is 6.91. The van der Waals surface area contributed by atoms with E-state index in [1.807, 2.05) is 68.4 Å². The van der Waals surface area contributed by atoms with Gasteiger partial charge in [0.1, 0.15) is 12.0 Å². The molecule has 0 spiro atoms. The Morgan fingerprint density at radius 1 is 1.11 bits per heavy atom. The Morgan fingerprint density at radius 3 is 2.52 bits per heavy atom. The van der Waals surface area contributed by atoms with E-state index in [1.54, 1.807) is 18.3 Å². The molecule has 0 fully saturated rings. The Bertz CT molecular complexity index is 814. The maximum absolute atomic E-state index is 13.1. The maximum atomic E-state index is 13.1. The molecule has 1 amide bonds. The molecule has 2 aromatic carbocycles. The van der Waals surface area contributed by atoms with E-state index in [9.17, 15) is 4.79 Å². The predicted octanol–water partition coefficient (Wildman–Crippen LogP) is 3.89. The summed E-state index contributed by atoms with van der Waals surface area (Å²) in [6, 6.07) is 17.4. The van der Waals surface area contributed by atoms with Gasteiger partial charge in [-0.15, -0.1) is 0 Å². The Balaban J connectivity index is 1.82. The van der Waals surface area contributed by atoms with Gasteiger partial charge >= 0.3 is 0 Å². The number of hydrogen-bond acceptors (Lipinski definition) is 4. The summed E-state index contributed by atoms with van der Waals surface area (Å²) < 4.78 is 16.6. The fourth-order valence-corrected chi connectivity index (χ4v) is 2.84. The maximum Gasteiger partial charge on any atom is 0.231 e. The van der Waals surface area contributed by atoms with Crippen molar-refractivity contribution < 1.29 is 19.0 Å². The van der Waals surface area contributed by atoms with E-state index >= 15 is 0 Å². The summed E-state index contributed by atoms with van der Waals surface area (Å²) in [7, 11) is 1.62. The molecule has 142 valence electrons. The highest BCUT2D eigenvalue weighted by Crippen LogP contribution is 2.24. The molecule has 2 aromatic rings. The Morgan fingerprint density at radius 2 is 1.85 bits per heavy atom. The van der Waals surface area contributed by atoms with Gasteiger partial charge < -0.3 is 19.1 Å². The van der Waals surface area contributed by atoms with Gasteiger partial charge in [0, 0.05) is 13.8 Å². The van der Waals surface area contributed by atoms with Gasteiger partial charge in [-0.3, -0.25) is 4.79 Å². The van der Waals surface area contributed by atoms with Gasteiger partial charge in [-0.2, -0.15) is 0 Å². The number of amides is 1. The van der Waals surface area contributed by atoms with E-state index in [0.717, 1.165) is 16.9 Å². The summed E-state index contributed by atoms with van der Waals surface area (Å²) in [6.45, 7) is 4.48. The van der Waals surface area contributed by atoms with Crippen LogP contribution in [0.4, 0.5) is 0 Å². The average molecular weight is 367 g/mol. The second-order valence-electron chi connectivity index (χ2n) is 6.91. The molecule has 0 N–H and O–H groups in total. The first-order valence-electron chi connectivity index (χ1n) is 8.95. The van der Waals surface area contributed by atoms with Crippen LogP contribution < -0.4 is 4.74 Å². The van der Waals surface area contributed by atoms with Crippen LogP contribution in [0.1, 0.15) is 25.0 Å². The largest absolute Gasteiger partial charge is 0.497 e. The van der Waals surface area contributed by atoms with Gasteiger partial charge in [0.05, 0.1) is 32.4 Å². The predicted molar refractivity (Wildman–Crippen MR) is 103 cm³/mol. The molecule has 0 saturated carbocycles. The second kappa shape index (κ2) is 8.27. The number of benzene rings is 2. The monoisotopic (exact) mass is 367 g/mol. The first-order chi connectivity index (χ1) is 13.0. The molecular weight excluding hydrogens is 342 g/mol. The Kier molecular flexibility index (Phi) is 5.81. The van der Waals surface area contributed by atoms with Crippen molar-refractivity contribution in [2.45, 2.75) is 32.6 Å². The van der Waals surface area contributed by atoms with Crippen molar-refractivity contribution in [2.24, 2.45) is 0 Å². The van der Waals surface area contributed by atoms with Crippen molar-refractivity contribution in [3.8, 4) is 5.75 Å². The minimum absolute atomic E-state index is 0.0229. The smallest absolute Gasteiger partial charge is 0.231 e. The molecule has 0 atom stereocenters. The van der Waals surface area contributed by atoms with Gasteiger partial charge in [0.2, 0.25) is 11.7 Å². The highest BCUT2D eigenvalue weighted by molar-refractivity contribution is 5.80. The number of carbonyl (C=O) groups excluding carboxylic acids is 1. The molecular formula is C22H25NO4. The van der Waals surface area contributed by atoms with E-state index in [2.05, 4.69) is 0 Å². The van der Waals surface area contributed by atoms with Crippen molar-refractivity contribution >= 4 is 5.91 Å². The van der Waals surface area contributed by atoms with Gasteiger partial charge in [-0.05, 0) is 23.3 Å². The van der Waals surface area contributed by atoms with Crippen LogP contribution in [0.3, 0.4) is 0 Å². The molecule has 27 heavy (non-hydrogen) atoms. The summed E-state index contributed by atoms with van der Waals surface area (Å²) in [5.41, 5.74) is 2.66. The lowest BCUT2D eigenvalue weighted by Gasteiger charge is -2.34. The zero-order valence-electron chi connectivity index (χ0n) is 16.0. The molecule has 3 rings (SSSR count). The SMILES string of the molecule is COc1cccc(CC(=O)N(Cc2ccccc2)C2=COC(C)(C)OC2)c1. The molecule has 0 radical (unpaired) electrons. The average Bonchev–Trinajstić information content (AvgIpc) is 2.67. The molecule has 1 aliphatic rings. The van der Waals surface area contributed by atoms with Crippen molar-refractivity contribution in [1.29, 1.82) is 0 Å². The van der Waals surface area contributed by atoms with Crippen LogP contribution in [-0.4, -0.2) is 30.3 Å². The first kappa shape index (κ1) is 19.0. The van der Waals surface area contributed by atoms with E-state index in [4.69, 9.17) is 14.2 Å². The summed E-state index contributed by atoms with van der Waals surface area (Å²) >= 11 is 0. The zero-order chi connectivity index (χ0) is 19.3. The number of nitrogens with zero attached hydrogens (tertiary/aromatic N) is 1. The Labute approximate surface area is 160 Å². The van der Waals surface area contributed by atoms with Gasteiger partial charge in [0.15, 0.2) is 0 Å². The van der Waals surface area contributed by atoms with Crippen molar-refractivity contribution in [3.63, 3.8) is 0 Å². The number of rotatable bonds is 6. The van der Waals surface area contributed by atoms with Crippen LogP contribution in [0, 0.1) is 0 Å². The topological polar surface area (TPSA) is 48.0 Å². The summed E-state index contributed by atoms with van der Waals surface area (Å²) in [5, 5.41) is 0. The minimum Gasteiger partial charge on any atom is -0.497 e. The fraction of sp³-hybridized carbons (Fsp3) is 0.318. The van der Waals surface area contributed by atoms with E-state index < -0.39 is 5.79 Å². The van der Waals surface area contributed by atoms with Gasteiger partial charge in [0.25, 0.3) is 0 Å². The Hall–Kier alpha value is -2.79.